The molecule has 0 radical (unpaired) electrons. The van der Waals surface area contributed by atoms with Crippen LogP contribution < -0.4 is 10.5 Å². The van der Waals surface area contributed by atoms with Crippen molar-refractivity contribution in [1.29, 1.82) is 0 Å². The third-order valence-electron chi connectivity index (χ3n) is 3.53. The van der Waals surface area contributed by atoms with Gasteiger partial charge in [-0.25, -0.2) is 9.59 Å². The lowest BCUT2D eigenvalue weighted by Gasteiger charge is -2.21. The first-order chi connectivity index (χ1) is 14.4. The van der Waals surface area contributed by atoms with Gasteiger partial charge in [0.1, 0.15) is 13.2 Å². The van der Waals surface area contributed by atoms with Crippen LogP contribution in [0.25, 0.3) is 0 Å². The van der Waals surface area contributed by atoms with Gasteiger partial charge in [-0.2, -0.15) is 0 Å². The molecule has 2 rings (SSSR count). The molecule has 0 saturated carbocycles. The molecule has 10 nitrogen and oxygen atoms in total. The van der Waals surface area contributed by atoms with E-state index in [-0.39, 0.29) is 46.2 Å². The summed E-state index contributed by atoms with van der Waals surface area (Å²) in [7, 11) is 2.90. The SMILES string of the molecule is O=C(OCCSSCCOC(=O)c1ccc(N([O-])O)cc1)c1ccc(N([O-])O)cc1. The second-order valence-corrected chi connectivity index (χ2v) is 8.26. The monoisotopic (exact) mass is 454 g/mol. The highest BCUT2D eigenvalue weighted by molar-refractivity contribution is 8.76. The fourth-order valence-corrected chi connectivity index (χ4v) is 3.73. The van der Waals surface area contributed by atoms with E-state index in [9.17, 15) is 20.0 Å². The Balaban J connectivity index is 1.55. The Labute approximate surface area is 179 Å². The zero-order valence-corrected chi connectivity index (χ0v) is 17.1. The van der Waals surface area contributed by atoms with E-state index >= 15 is 0 Å². The summed E-state index contributed by atoms with van der Waals surface area (Å²) in [5, 5.41) is 38.3. The van der Waals surface area contributed by atoms with E-state index in [1.54, 1.807) is 0 Å². The number of hydrogen-bond acceptors (Lipinski definition) is 12. The summed E-state index contributed by atoms with van der Waals surface area (Å²) in [6, 6.07) is 10.7. The fraction of sp³-hybridized carbons (Fsp3) is 0.222. The van der Waals surface area contributed by atoms with E-state index < -0.39 is 11.9 Å². The molecule has 30 heavy (non-hydrogen) atoms. The third kappa shape index (κ3) is 7.74. The average molecular weight is 454 g/mol. The number of carbonyl (C=O) groups excluding carboxylic acids is 2. The fourth-order valence-electron chi connectivity index (χ4n) is 2.07. The number of benzene rings is 2. The minimum Gasteiger partial charge on any atom is -0.733 e. The molecule has 0 saturated heterocycles. The predicted octanol–water partition coefficient (Wildman–Crippen LogP) is 3.47. The van der Waals surface area contributed by atoms with E-state index in [4.69, 9.17) is 19.9 Å². The molecule has 0 unspecified atom stereocenters. The standard InChI is InChI=1S/C18H18N2O8S2/c21-17(13-1-5-15(6-2-13)19(23)24)27-9-11-29-30-12-10-28-18(22)14-3-7-16(8-4-14)20(25)26/h1-8,23,25H,9-12H2/q-2. The number of nitrogens with zero attached hydrogens (tertiary/aromatic N) is 2. The van der Waals surface area contributed by atoms with E-state index in [0.717, 1.165) is 0 Å². The van der Waals surface area contributed by atoms with Crippen molar-refractivity contribution in [1.82, 2.24) is 0 Å². The molecule has 0 aromatic heterocycles. The van der Waals surface area contributed by atoms with Gasteiger partial charge < -0.3 is 30.3 Å². The maximum Gasteiger partial charge on any atom is 0.338 e. The molecule has 0 aliphatic carbocycles. The molecular weight excluding hydrogens is 436 g/mol. The van der Waals surface area contributed by atoms with Crippen molar-refractivity contribution < 1.29 is 29.5 Å². The van der Waals surface area contributed by atoms with E-state index in [1.807, 2.05) is 0 Å². The first-order valence-corrected chi connectivity index (χ1v) is 11.0. The Bertz CT molecular complexity index is 746. The summed E-state index contributed by atoms with van der Waals surface area (Å²) in [6.45, 7) is 0.360. The lowest BCUT2D eigenvalue weighted by molar-refractivity contribution is 0.0520. The summed E-state index contributed by atoms with van der Waals surface area (Å²) < 4.78 is 10.2. The van der Waals surface area contributed by atoms with E-state index in [0.29, 0.717) is 11.5 Å². The van der Waals surface area contributed by atoms with Gasteiger partial charge in [0.25, 0.3) is 0 Å². The Kier molecular flexibility index (Phi) is 9.73. The van der Waals surface area contributed by atoms with Crippen molar-refractivity contribution in [2.75, 3.05) is 35.2 Å². The molecule has 2 aromatic rings. The quantitative estimate of drug-likeness (QED) is 0.222. The van der Waals surface area contributed by atoms with Crippen molar-refractivity contribution >= 4 is 44.9 Å². The minimum absolute atomic E-state index is 0.00971. The number of rotatable bonds is 11. The first kappa shape index (κ1) is 23.8. The van der Waals surface area contributed by atoms with E-state index in [1.165, 1.54) is 70.1 Å². The van der Waals surface area contributed by atoms with Gasteiger partial charge in [0.2, 0.25) is 0 Å². The van der Waals surface area contributed by atoms with Crippen LogP contribution in [0.1, 0.15) is 20.7 Å². The Morgan fingerprint density at radius 3 is 1.37 bits per heavy atom. The lowest BCUT2D eigenvalue weighted by atomic mass is 10.2. The number of ether oxygens (including phenoxy) is 2. The number of carbonyl (C=O) groups is 2. The highest BCUT2D eigenvalue weighted by Gasteiger charge is 2.08. The van der Waals surface area contributed by atoms with Gasteiger partial charge >= 0.3 is 11.9 Å². The normalized spacial score (nSPS) is 10.4. The van der Waals surface area contributed by atoms with E-state index in [2.05, 4.69) is 0 Å². The van der Waals surface area contributed by atoms with Crippen molar-refractivity contribution in [3.8, 4) is 0 Å². The highest BCUT2D eigenvalue weighted by atomic mass is 33.1. The molecule has 0 fully saturated rings. The molecule has 2 N–H and O–H groups in total. The summed E-state index contributed by atoms with van der Waals surface area (Å²) in [6.07, 6.45) is 0. The number of esters is 2. The summed E-state index contributed by atoms with van der Waals surface area (Å²) in [5.41, 5.74) is 0.547. The van der Waals surface area contributed by atoms with Crippen molar-refractivity contribution in [2.45, 2.75) is 0 Å². The highest BCUT2D eigenvalue weighted by Crippen LogP contribution is 2.21. The molecule has 0 aliphatic heterocycles. The Morgan fingerprint density at radius 1 is 0.733 bits per heavy atom. The summed E-state index contributed by atoms with van der Waals surface area (Å²) in [5.74, 6) is -0.0173. The van der Waals surface area contributed by atoms with Gasteiger partial charge in [-0.3, -0.25) is 10.4 Å². The minimum atomic E-state index is -0.538. The summed E-state index contributed by atoms with van der Waals surface area (Å²) in [4.78, 5) is 23.7. The van der Waals surface area contributed by atoms with Crippen molar-refractivity contribution in [3.05, 3.63) is 70.1 Å². The van der Waals surface area contributed by atoms with Gasteiger partial charge in [0.15, 0.2) is 0 Å². The first-order valence-electron chi connectivity index (χ1n) is 8.49. The molecule has 0 bridgehead atoms. The van der Waals surface area contributed by atoms with Crippen molar-refractivity contribution in [3.63, 3.8) is 0 Å². The molecule has 0 amide bonds. The van der Waals surface area contributed by atoms with Gasteiger partial charge in [-0.1, -0.05) is 21.6 Å². The van der Waals surface area contributed by atoms with Gasteiger partial charge in [0.05, 0.1) is 22.5 Å². The van der Waals surface area contributed by atoms with Gasteiger partial charge in [0, 0.05) is 11.5 Å². The van der Waals surface area contributed by atoms with Crippen molar-refractivity contribution in [2.24, 2.45) is 0 Å². The lowest BCUT2D eigenvalue weighted by Crippen LogP contribution is -2.10. The van der Waals surface area contributed by atoms with Crippen LogP contribution in [0.5, 0.6) is 0 Å². The molecule has 0 heterocycles. The molecule has 0 aliphatic rings. The molecule has 12 heteroatoms. The zero-order chi connectivity index (χ0) is 21.9. The largest absolute Gasteiger partial charge is 0.733 e. The Morgan fingerprint density at radius 2 is 1.07 bits per heavy atom. The second kappa shape index (κ2) is 12.3. The molecule has 2 aromatic carbocycles. The summed E-state index contributed by atoms with van der Waals surface area (Å²) >= 11 is 0. The van der Waals surface area contributed by atoms with Crippen LogP contribution >= 0.6 is 21.6 Å². The molecular formula is C18H18N2O8S2-2. The maximum absolute atomic E-state index is 11.8. The number of anilines is 2. The number of hydrogen-bond donors (Lipinski definition) is 2. The van der Waals surface area contributed by atoms with Gasteiger partial charge in [-0.05, 0) is 48.5 Å². The van der Waals surface area contributed by atoms with Crippen LogP contribution in [0.15, 0.2) is 48.5 Å². The Hall–Kier alpha value is -2.48. The van der Waals surface area contributed by atoms with Crippen LogP contribution in [0.4, 0.5) is 11.4 Å². The molecule has 162 valence electrons. The maximum atomic E-state index is 11.8. The smallest absolute Gasteiger partial charge is 0.338 e. The van der Waals surface area contributed by atoms with Crippen LogP contribution in [-0.2, 0) is 9.47 Å². The zero-order valence-electron chi connectivity index (χ0n) is 15.5. The topological polar surface area (TPSA) is 146 Å². The molecule has 0 atom stereocenters. The van der Waals surface area contributed by atoms with Crippen LogP contribution in [0.3, 0.4) is 0 Å². The van der Waals surface area contributed by atoms with Crippen LogP contribution in [0.2, 0.25) is 0 Å². The predicted molar refractivity (Wildman–Crippen MR) is 114 cm³/mol. The van der Waals surface area contributed by atoms with Crippen LogP contribution in [-0.4, -0.2) is 47.1 Å². The van der Waals surface area contributed by atoms with Crippen LogP contribution in [0, 0.1) is 10.4 Å². The molecule has 0 spiro atoms. The third-order valence-corrected chi connectivity index (χ3v) is 5.86. The second-order valence-electron chi connectivity index (χ2n) is 5.56. The van der Waals surface area contributed by atoms with Gasteiger partial charge in [-0.15, -0.1) is 0 Å². The average Bonchev–Trinajstić information content (AvgIpc) is 2.75.